The summed E-state index contributed by atoms with van der Waals surface area (Å²) < 4.78 is 5.02. The van der Waals surface area contributed by atoms with Crippen LogP contribution in [0.25, 0.3) is 0 Å². The van der Waals surface area contributed by atoms with E-state index < -0.39 is 0 Å². The maximum absolute atomic E-state index is 12.1. The third-order valence-electron chi connectivity index (χ3n) is 3.10. The number of aromatic nitrogens is 1. The number of ether oxygens (including phenoxy) is 1. The van der Waals surface area contributed by atoms with Crippen LogP contribution in [0.1, 0.15) is 15.9 Å². The Bertz CT molecular complexity index is 634. The van der Waals surface area contributed by atoms with Crippen molar-refractivity contribution in [3.63, 3.8) is 0 Å². The van der Waals surface area contributed by atoms with Gasteiger partial charge in [-0.2, -0.15) is 0 Å². The number of benzene rings is 1. The predicted molar refractivity (Wildman–Crippen MR) is 87.2 cm³/mol. The fraction of sp³-hybridized carbons (Fsp3) is 0.250. The van der Waals surface area contributed by atoms with Crippen LogP contribution in [-0.2, 0) is 11.3 Å². The molecule has 0 aliphatic rings. The Labute approximate surface area is 134 Å². The third kappa shape index (κ3) is 4.44. The Kier molecular flexibility index (Phi) is 6.18. The summed E-state index contributed by atoms with van der Waals surface area (Å²) in [5.41, 5.74) is 2.39. The average Bonchev–Trinajstić information content (AvgIpc) is 2.54. The summed E-state index contributed by atoms with van der Waals surface area (Å²) in [6.07, 6.45) is 3.00. The van der Waals surface area contributed by atoms with Crippen LogP contribution in [-0.4, -0.2) is 31.2 Å². The number of rotatable bonds is 7. The largest absolute Gasteiger partial charge is 0.383 e. The van der Waals surface area contributed by atoms with Gasteiger partial charge in [-0.3, -0.25) is 9.78 Å². The number of para-hydroxylation sites is 1. The van der Waals surface area contributed by atoms with E-state index in [9.17, 15) is 4.79 Å². The summed E-state index contributed by atoms with van der Waals surface area (Å²) in [7, 11) is 1.66. The molecule has 1 heterocycles. The van der Waals surface area contributed by atoms with E-state index in [0.717, 1.165) is 11.3 Å². The number of nitrogens with one attached hydrogen (secondary N) is 2. The predicted octanol–water partition coefficient (Wildman–Crippen LogP) is 2.72. The minimum Gasteiger partial charge on any atom is -0.383 e. The van der Waals surface area contributed by atoms with Gasteiger partial charge in [-0.25, -0.2) is 0 Å². The summed E-state index contributed by atoms with van der Waals surface area (Å²) in [5, 5.41) is 6.48. The van der Waals surface area contributed by atoms with E-state index in [4.69, 9.17) is 16.3 Å². The van der Waals surface area contributed by atoms with Crippen molar-refractivity contribution in [2.24, 2.45) is 0 Å². The van der Waals surface area contributed by atoms with Gasteiger partial charge in [0, 0.05) is 38.3 Å². The van der Waals surface area contributed by atoms with E-state index in [0.29, 0.717) is 30.3 Å². The van der Waals surface area contributed by atoms with Gasteiger partial charge in [0.2, 0.25) is 0 Å². The molecule has 2 aromatic rings. The van der Waals surface area contributed by atoms with Gasteiger partial charge >= 0.3 is 0 Å². The standard InChI is InChI=1S/C16H18ClN3O2/c1-22-9-8-19-15-5-3-2-4-12(15)10-20-16(21)13-6-7-18-11-14(13)17/h2-7,11,19H,8-10H2,1H3,(H,20,21). The maximum Gasteiger partial charge on any atom is 0.253 e. The fourth-order valence-electron chi connectivity index (χ4n) is 1.96. The minimum absolute atomic E-state index is 0.223. The van der Waals surface area contributed by atoms with Crippen LogP contribution >= 0.6 is 11.6 Å². The maximum atomic E-state index is 12.1. The number of amides is 1. The molecule has 0 saturated carbocycles. The zero-order valence-electron chi connectivity index (χ0n) is 12.3. The molecule has 0 atom stereocenters. The van der Waals surface area contributed by atoms with Crippen molar-refractivity contribution in [1.29, 1.82) is 0 Å². The second-order valence-electron chi connectivity index (χ2n) is 4.61. The van der Waals surface area contributed by atoms with E-state index in [2.05, 4.69) is 15.6 Å². The van der Waals surface area contributed by atoms with Gasteiger partial charge in [0.1, 0.15) is 0 Å². The monoisotopic (exact) mass is 319 g/mol. The lowest BCUT2D eigenvalue weighted by Gasteiger charge is -2.13. The average molecular weight is 320 g/mol. The van der Waals surface area contributed by atoms with Crippen LogP contribution in [0.2, 0.25) is 5.02 Å². The SMILES string of the molecule is COCCNc1ccccc1CNC(=O)c1ccncc1Cl. The zero-order chi connectivity index (χ0) is 15.8. The van der Waals surface area contributed by atoms with E-state index >= 15 is 0 Å². The van der Waals surface area contributed by atoms with Crippen LogP contribution in [0.5, 0.6) is 0 Å². The normalized spacial score (nSPS) is 10.3. The molecule has 0 unspecified atom stereocenters. The number of nitrogens with zero attached hydrogens (tertiary/aromatic N) is 1. The van der Waals surface area contributed by atoms with E-state index in [1.54, 1.807) is 19.4 Å². The molecule has 0 spiro atoms. The zero-order valence-corrected chi connectivity index (χ0v) is 13.1. The molecule has 0 radical (unpaired) electrons. The molecule has 0 saturated heterocycles. The molecule has 116 valence electrons. The van der Waals surface area contributed by atoms with Crippen molar-refractivity contribution in [1.82, 2.24) is 10.3 Å². The van der Waals surface area contributed by atoms with E-state index in [-0.39, 0.29) is 5.91 Å². The Balaban J connectivity index is 1.99. The molecule has 2 N–H and O–H groups in total. The molecule has 6 heteroatoms. The van der Waals surface area contributed by atoms with Crippen LogP contribution in [0.15, 0.2) is 42.7 Å². The van der Waals surface area contributed by atoms with Crippen LogP contribution in [0.3, 0.4) is 0 Å². The molecule has 1 amide bonds. The number of anilines is 1. The Hall–Kier alpha value is -2.11. The lowest BCUT2D eigenvalue weighted by Crippen LogP contribution is -2.24. The van der Waals surface area contributed by atoms with Crippen molar-refractivity contribution in [3.05, 3.63) is 58.9 Å². The molecular formula is C16H18ClN3O2. The molecule has 0 aliphatic heterocycles. The molecular weight excluding hydrogens is 302 g/mol. The highest BCUT2D eigenvalue weighted by Gasteiger charge is 2.10. The van der Waals surface area contributed by atoms with Crippen molar-refractivity contribution < 1.29 is 9.53 Å². The number of carbonyl (C=O) groups excluding carboxylic acids is 1. The number of hydrogen-bond acceptors (Lipinski definition) is 4. The first kappa shape index (κ1) is 16.3. The third-order valence-corrected chi connectivity index (χ3v) is 3.40. The Morgan fingerprint density at radius 2 is 2.14 bits per heavy atom. The summed E-state index contributed by atoms with van der Waals surface area (Å²) in [4.78, 5) is 16.0. The topological polar surface area (TPSA) is 63.2 Å². The first-order valence-electron chi connectivity index (χ1n) is 6.91. The van der Waals surface area contributed by atoms with Crippen molar-refractivity contribution in [2.45, 2.75) is 6.54 Å². The van der Waals surface area contributed by atoms with Gasteiger partial charge < -0.3 is 15.4 Å². The van der Waals surface area contributed by atoms with Gasteiger partial charge in [0.15, 0.2) is 0 Å². The van der Waals surface area contributed by atoms with Crippen LogP contribution < -0.4 is 10.6 Å². The lowest BCUT2D eigenvalue weighted by molar-refractivity contribution is 0.0951. The lowest BCUT2D eigenvalue weighted by atomic mass is 10.1. The van der Waals surface area contributed by atoms with Gasteiger partial charge in [-0.1, -0.05) is 29.8 Å². The van der Waals surface area contributed by atoms with Crippen LogP contribution in [0, 0.1) is 0 Å². The first-order chi connectivity index (χ1) is 10.7. The van der Waals surface area contributed by atoms with Crippen molar-refractivity contribution in [2.75, 3.05) is 25.6 Å². The van der Waals surface area contributed by atoms with Crippen molar-refractivity contribution >= 4 is 23.2 Å². The number of methoxy groups -OCH3 is 1. The number of pyridine rings is 1. The molecule has 5 nitrogen and oxygen atoms in total. The highest BCUT2D eigenvalue weighted by molar-refractivity contribution is 6.33. The summed E-state index contributed by atoms with van der Waals surface area (Å²) in [5.74, 6) is -0.223. The molecule has 1 aromatic carbocycles. The number of carbonyl (C=O) groups is 1. The second kappa shape index (κ2) is 8.36. The molecule has 2 rings (SSSR count). The van der Waals surface area contributed by atoms with Gasteiger partial charge in [0.05, 0.1) is 17.2 Å². The summed E-state index contributed by atoms with van der Waals surface area (Å²) in [6.45, 7) is 1.73. The molecule has 0 bridgehead atoms. The van der Waals surface area contributed by atoms with Gasteiger partial charge in [-0.05, 0) is 17.7 Å². The summed E-state index contributed by atoms with van der Waals surface area (Å²) >= 11 is 5.97. The van der Waals surface area contributed by atoms with E-state index in [1.807, 2.05) is 24.3 Å². The molecule has 1 aromatic heterocycles. The number of hydrogen-bond donors (Lipinski definition) is 2. The molecule has 0 aliphatic carbocycles. The van der Waals surface area contributed by atoms with Gasteiger partial charge in [-0.15, -0.1) is 0 Å². The molecule has 0 fully saturated rings. The quantitative estimate of drug-likeness (QED) is 0.770. The first-order valence-corrected chi connectivity index (χ1v) is 7.28. The highest BCUT2D eigenvalue weighted by atomic mass is 35.5. The number of halogens is 1. The summed E-state index contributed by atoms with van der Waals surface area (Å²) in [6, 6.07) is 9.41. The van der Waals surface area contributed by atoms with Crippen molar-refractivity contribution in [3.8, 4) is 0 Å². The second-order valence-corrected chi connectivity index (χ2v) is 5.02. The molecule has 22 heavy (non-hydrogen) atoms. The Morgan fingerprint density at radius 1 is 1.32 bits per heavy atom. The smallest absolute Gasteiger partial charge is 0.253 e. The Morgan fingerprint density at radius 3 is 2.91 bits per heavy atom. The fourth-order valence-corrected chi connectivity index (χ4v) is 2.17. The minimum atomic E-state index is -0.223. The van der Waals surface area contributed by atoms with Gasteiger partial charge in [0.25, 0.3) is 5.91 Å². The van der Waals surface area contributed by atoms with Crippen LogP contribution in [0.4, 0.5) is 5.69 Å². The van der Waals surface area contributed by atoms with E-state index in [1.165, 1.54) is 6.20 Å². The highest BCUT2D eigenvalue weighted by Crippen LogP contribution is 2.16.